The molecule has 4 rings (SSSR count). The highest BCUT2D eigenvalue weighted by molar-refractivity contribution is 7.89. The number of thiophene rings is 1. The van der Waals surface area contributed by atoms with Crippen molar-refractivity contribution in [2.24, 2.45) is 0 Å². The van der Waals surface area contributed by atoms with Gasteiger partial charge in [0.2, 0.25) is 15.9 Å². The highest BCUT2D eigenvalue weighted by Crippen LogP contribution is 2.26. The van der Waals surface area contributed by atoms with Gasteiger partial charge in [-0.25, -0.2) is 13.4 Å². The second-order valence-electron chi connectivity index (χ2n) is 7.25. The molecule has 1 aromatic carbocycles. The van der Waals surface area contributed by atoms with Crippen molar-refractivity contribution >= 4 is 38.6 Å². The summed E-state index contributed by atoms with van der Waals surface area (Å²) >= 11 is 3.15. The molecule has 0 spiro atoms. The Morgan fingerprint density at radius 1 is 1.19 bits per heavy atom. The van der Waals surface area contributed by atoms with Crippen molar-refractivity contribution in [3.8, 4) is 16.3 Å². The van der Waals surface area contributed by atoms with Gasteiger partial charge < -0.3 is 10.1 Å². The maximum Gasteiger partial charge on any atom is 0.243 e. The first-order valence-electron chi connectivity index (χ1n) is 9.86. The third-order valence-electron chi connectivity index (χ3n) is 5.18. The number of nitrogens with one attached hydrogen (secondary N) is 1. The number of rotatable bonds is 7. The molecule has 1 amide bonds. The van der Waals surface area contributed by atoms with Gasteiger partial charge in [0.1, 0.15) is 10.8 Å². The highest BCUT2D eigenvalue weighted by atomic mass is 32.2. The molecule has 0 radical (unpaired) electrons. The lowest BCUT2D eigenvalue weighted by Crippen LogP contribution is -2.46. The number of thiazole rings is 1. The smallest absolute Gasteiger partial charge is 0.243 e. The summed E-state index contributed by atoms with van der Waals surface area (Å²) in [4.78, 5) is 17.2. The molecular weight excluding hydrogens is 454 g/mol. The van der Waals surface area contributed by atoms with Crippen molar-refractivity contribution < 1.29 is 17.9 Å². The molecule has 1 fully saturated rings. The fourth-order valence-corrected chi connectivity index (χ4v) is 6.49. The standard InChI is InChI=1S/C21H23N3O4S3/c1-28-18-2-4-19(5-3-18)31(26,27)24-9-6-16(7-10-24)22-20(25)12-17-14-30-21(23-17)15-8-11-29-13-15/h2-5,8,11,13-14,16H,6-7,9-10,12H2,1H3,(H,22,25). The van der Waals surface area contributed by atoms with Gasteiger partial charge >= 0.3 is 0 Å². The van der Waals surface area contributed by atoms with Crippen LogP contribution >= 0.6 is 22.7 Å². The average Bonchev–Trinajstić information content (AvgIpc) is 3.46. The van der Waals surface area contributed by atoms with Crippen molar-refractivity contribution in [3.05, 3.63) is 52.2 Å². The maximum atomic E-state index is 12.8. The second kappa shape index (κ2) is 9.47. The van der Waals surface area contributed by atoms with Crippen molar-refractivity contribution in [3.63, 3.8) is 0 Å². The summed E-state index contributed by atoms with van der Waals surface area (Å²) < 4.78 is 32.3. The summed E-state index contributed by atoms with van der Waals surface area (Å²) in [5.41, 5.74) is 1.83. The van der Waals surface area contributed by atoms with Crippen molar-refractivity contribution in [2.75, 3.05) is 20.2 Å². The zero-order valence-electron chi connectivity index (χ0n) is 17.0. The van der Waals surface area contributed by atoms with Crippen molar-refractivity contribution in [1.29, 1.82) is 0 Å². The van der Waals surface area contributed by atoms with Crippen LogP contribution in [0.3, 0.4) is 0 Å². The van der Waals surface area contributed by atoms with Crippen molar-refractivity contribution in [2.45, 2.75) is 30.2 Å². The van der Waals surface area contributed by atoms with Crippen LogP contribution in [0.1, 0.15) is 18.5 Å². The number of aromatic nitrogens is 1. The SMILES string of the molecule is COc1ccc(S(=O)(=O)N2CCC(NC(=O)Cc3csc(-c4ccsc4)n3)CC2)cc1. The number of hydrogen-bond acceptors (Lipinski definition) is 7. The number of sulfonamides is 1. The molecule has 0 saturated carbocycles. The molecule has 3 heterocycles. The van der Waals surface area contributed by atoms with E-state index in [1.165, 1.54) is 15.6 Å². The number of nitrogens with zero attached hydrogens (tertiary/aromatic N) is 2. The summed E-state index contributed by atoms with van der Waals surface area (Å²) in [5.74, 6) is 0.529. The van der Waals surface area contributed by atoms with Crippen LogP contribution < -0.4 is 10.1 Å². The van der Waals surface area contributed by atoms with Gasteiger partial charge in [0.05, 0.1) is 24.1 Å². The summed E-state index contributed by atoms with van der Waals surface area (Å²) in [6.07, 6.45) is 1.39. The van der Waals surface area contributed by atoms with Crippen LogP contribution in [-0.2, 0) is 21.2 Å². The summed E-state index contributed by atoms with van der Waals surface area (Å²) in [5, 5.41) is 9.90. The van der Waals surface area contributed by atoms with E-state index in [1.54, 1.807) is 42.7 Å². The van der Waals surface area contributed by atoms with Crippen LogP contribution in [0, 0.1) is 0 Å². The minimum absolute atomic E-state index is 0.0372. The first-order chi connectivity index (χ1) is 15.0. The largest absolute Gasteiger partial charge is 0.497 e. The zero-order valence-corrected chi connectivity index (χ0v) is 19.4. The maximum absolute atomic E-state index is 12.8. The topological polar surface area (TPSA) is 88.6 Å². The molecule has 0 bridgehead atoms. The van der Waals surface area contributed by atoms with E-state index in [4.69, 9.17) is 4.74 Å². The van der Waals surface area contributed by atoms with E-state index in [0.29, 0.717) is 31.7 Å². The number of piperidine rings is 1. The Morgan fingerprint density at radius 3 is 2.58 bits per heavy atom. The number of carbonyl (C=O) groups is 1. The summed E-state index contributed by atoms with van der Waals surface area (Å²) in [7, 11) is -2.01. The molecule has 3 aromatic rings. The Kier molecular flexibility index (Phi) is 6.71. The van der Waals surface area contributed by atoms with Crippen LogP contribution in [0.2, 0.25) is 0 Å². The Hall–Kier alpha value is -2.27. The van der Waals surface area contributed by atoms with Gasteiger partial charge in [-0.05, 0) is 48.6 Å². The lowest BCUT2D eigenvalue weighted by molar-refractivity contribution is -0.121. The Bertz CT molecular complexity index is 1120. The Labute approximate surface area is 189 Å². The molecule has 2 aromatic heterocycles. The number of methoxy groups -OCH3 is 1. The Balaban J connectivity index is 1.29. The third-order valence-corrected chi connectivity index (χ3v) is 8.71. The van der Waals surface area contributed by atoms with Crippen LogP contribution in [0.4, 0.5) is 0 Å². The number of hydrogen-bond donors (Lipinski definition) is 1. The lowest BCUT2D eigenvalue weighted by atomic mass is 10.1. The normalized spacial score (nSPS) is 15.6. The molecule has 10 heteroatoms. The molecular formula is C21H23N3O4S3. The summed E-state index contributed by atoms with van der Waals surface area (Å²) in [6.45, 7) is 0.747. The molecule has 1 aliphatic heterocycles. The van der Waals surface area contributed by atoms with E-state index in [0.717, 1.165) is 16.3 Å². The lowest BCUT2D eigenvalue weighted by Gasteiger charge is -2.31. The molecule has 1 N–H and O–H groups in total. The molecule has 0 unspecified atom stereocenters. The van der Waals surface area contributed by atoms with Gasteiger partial charge in [0.15, 0.2) is 0 Å². The van der Waals surface area contributed by atoms with Crippen LogP contribution in [-0.4, -0.2) is 49.9 Å². The fraction of sp³-hybridized carbons (Fsp3) is 0.333. The van der Waals surface area contributed by atoms with E-state index in [-0.39, 0.29) is 23.3 Å². The van der Waals surface area contributed by atoms with E-state index in [1.807, 2.05) is 22.2 Å². The molecule has 164 valence electrons. The molecule has 1 aliphatic rings. The Morgan fingerprint density at radius 2 is 1.94 bits per heavy atom. The third kappa shape index (κ3) is 5.15. The molecule has 7 nitrogen and oxygen atoms in total. The van der Waals surface area contributed by atoms with Gasteiger partial charge in [-0.2, -0.15) is 15.6 Å². The van der Waals surface area contributed by atoms with Crippen LogP contribution in [0.5, 0.6) is 5.75 Å². The number of amides is 1. The zero-order chi connectivity index (χ0) is 21.8. The van der Waals surface area contributed by atoms with E-state index in [9.17, 15) is 13.2 Å². The molecule has 1 saturated heterocycles. The molecule has 0 aliphatic carbocycles. The van der Waals surface area contributed by atoms with Gasteiger partial charge in [0.25, 0.3) is 0 Å². The number of carbonyl (C=O) groups excluding carboxylic acids is 1. The first-order valence-corrected chi connectivity index (χ1v) is 13.1. The summed E-state index contributed by atoms with van der Waals surface area (Å²) in [6, 6.07) is 8.37. The average molecular weight is 478 g/mol. The fourth-order valence-electron chi connectivity index (χ4n) is 3.49. The molecule has 0 atom stereocenters. The van der Waals surface area contributed by atoms with E-state index < -0.39 is 10.0 Å². The van der Waals surface area contributed by atoms with Gasteiger partial charge in [-0.15, -0.1) is 11.3 Å². The van der Waals surface area contributed by atoms with Gasteiger partial charge in [-0.3, -0.25) is 4.79 Å². The van der Waals surface area contributed by atoms with Crippen molar-refractivity contribution in [1.82, 2.24) is 14.6 Å². The monoisotopic (exact) mass is 477 g/mol. The number of ether oxygens (including phenoxy) is 1. The van der Waals surface area contributed by atoms with E-state index >= 15 is 0 Å². The minimum Gasteiger partial charge on any atom is -0.497 e. The second-order valence-corrected chi connectivity index (χ2v) is 10.8. The van der Waals surface area contributed by atoms with Gasteiger partial charge in [-0.1, -0.05) is 0 Å². The van der Waals surface area contributed by atoms with Crippen LogP contribution in [0.15, 0.2) is 51.4 Å². The minimum atomic E-state index is -3.55. The quantitative estimate of drug-likeness (QED) is 0.564. The number of benzene rings is 1. The predicted molar refractivity (Wildman–Crippen MR) is 122 cm³/mol. The first kappa shape index (κ1) is 21.9. The van der Waals surface area contributed by atoms with Gasteiger partial charge in [0, 0.05) is 35.5 Å². The molecule has 31 heavy (non-hydrogen) atoms. The van der Waals surface area contributed by atoms with Crippen LogP contribution in [0.25, 0.3) is 10.6 Å². The van der Waals surface area contributed by atoms with E-state index in [2.05, 4.69) is 10.3 Å². The highest BCUT2D eigenvalue weighted by Gasteiger charge is 2.30. The predicted octanol–water partition coefficient (Wildman–Crippen LogP) is 3.39.